The Morgan fingerprint density at radius 3 is 2.80 bits per heavy atom. The van der Waals surface area contributed by atoms with E-state index in [1.807, 2.05) is 0 Å². The molecule has 78 valence electrons. The van der Waals surface area contributed by atoms with Gasteiger partial charge in [0, 0.05) is 11.6 Å². The standard InChI is InChI=1S/C11H12FN3/c1-11(5-2-6-11)10-14-13-9-4-3-8(12)7-15(9)10/h3-4,7H,2,5-6H2,1H3. The van der Waals surface area contributed by atoms with Gasteiger partial charge in [-0.15, -0.1) is 10.2 Å². The normalized spacial score (nSPS) is 19.1. The van der Waals surface area contributed by atoms with E-state index in [0.29, 0.717) is 0 Å². The molecule has 1 saturated carbocycles. The molecule has 0 aromatic carbocycles. The van der Waals surface area contributed by atoms with Crippen LogP contribution in [0.15, 0.2) is 18.3 Å². The summed E-state index contributed by atoms with van der Waals surface area (Å²) in [7, 11) is 0. The predicted octanol–water partition coefficient (Wildman–Crippen LogP) is 2.31. The van der Waals surface area contributed by atoms with Gasteiger partial charge in [0.1, 0.15) is 11.6 Å². The summed E-state index contributed by atoms with van der Waals surface area (Å²) < 4.78 is 14.9. The second-order valence-corrected chi connectivity index (χ2v) is 4.51. The fraction of sp³-hybridized carbons (Fsp3) is 0.455. The Morgan fingerprint density at radius 1 is 1.33 bits per heavy atom. The molecule has 2 aromatic heterocycles. The molecule has 0 amide bonds. The van der Waals surface area contributed by atoms with Gasteiger partial charge in [0.25, 0.3) is 0 Å². The number of hydrogen-bond acceptors (Lipinski definition) is 2. The van der Waals surface area contributed by atoms with Gasteiger partial charge in [0.05, 0.1) is 0 Å². The Bertz CT molecular complexity index is 514. The number of pyridine rings is 1. The highest BCUT2D eigenvalue weighted by atomic mass is 19.1. The number of fused-ring (bicyclic) bond motifs is 1. The molecule has 4 heteroatoms. The average molecular weight is 205 g/mol. The zero-order chi connectivity index (χ0) is 10.5. The van der Waals surface area contributed by atoms with Gasteiger partial charge in [-0.1, -0.05) is 13.3 Å². The van der Waals surface area contributed by atoms with Crippen LogP contribution in [0.25, 0.3) is 5.65 Å². The van der Waals surface area contributed by atoms with Crippen LogP contribution >= 0.6 is 0 Å². The third kappa shape index (κ3) is 1.17. The molecule has 1 aliphatic rings. The minimum Gasteiger partial charge on any atom is -0.283 e. The summed E-state index contributed by atoms with van der Waals surface area (Å²) in [5.74, 6) is 0.648. The van der Waals surface area contributed by atoms with Gasteiger partial charge in [-0.05, 0) is 25.0 Å². The van der Waals surface area contributed by atoms with Crippen LogP contribution in [-0.4, -0.2) is 14.6 Å². The molecule has 2 heterocycles. The van der Waals surface area contributed by atoms with E-state index < -0.39 is 0 Å². The Hall–Kier alpha value is -1.45. The van der Waals surface area contributed by atoms with Crippen LogP contribution in [0.4, 0.5) is 4.39 Å². The molecule has 3 nitrogen and oxygen atoms in total. The Balaban J connectivity index is 2.22. The van der Waals surface area contributed by atoms with Crippen molar-refractivity contribution in [3.8, 4) is 0 Å². The first kappa shape index (κ1) is 8.83. The lowest BCUT2D eigenvalue weighted by molar-refractivity contribution is 0.254. The summed E-state index contributed by atoms with van der Waals surface area (Å²) in [6.45, 7) is 2.16. The zero-order valence-electron chi connectivity index (χ0n) is 8.57. The van der Waals surface area contributed by atoms with Crippen molar-refractivity contribution in [3.63, 3.8) is 0 Å². The van der Waals surface area contributed by atoms with Crippen LogP contribution in [0.3, 0.4) is 0 Å². The minimum absolute atomic E-state index is 0.0905. The molecule has 0 atom stereocenters. The molecule has 2 aromatic rings. The largest absolute Gasteiger partial charge is 0.283 e. The monoisotopic (exact) mass is 205 g/mol. The van der Waals surface area contributed by atoms with Gasteiger partial charge in [-0.25, -0.2) is 4.39 Å². The van der Waals surface area contributed by atoms with E-state index in [1.165, 1.54) is 18.7 Å². The van der Waals surface area contributed by atoms with Crippen molar-refractivity contribution in [2.45, 2.75) is 31.6 Å². The molecule has 0 unspecified atom stereocenters. The van der Waals surface area contributed by atoms with Gasteiger partial charge in [-0.2, -0.15) is 0 Å². The highest BCUT2D eigenvalue weighted by molar-refractivity contribution is 5.39. The molecule has 0 spiro atoms. The predicted molar refractivity (Wildman–Crippen MR) is 54.1 cm³/mol. The average Bonchev–Trinajstić information content (AvgIpc) is 2.57. The van der Waals surface area contributed by atoms with E-state index in [0.717, 1.165) is 24.3 Å². The molecule has 0 bridgehead atoms. The fourth-order valence-electron chi connectivity index (χ4n) is 2.21. The molecule has 0 saturated heterocycles. The summed E-state index contributed by atoms with van der Waals surface area (Å²) in [6.07, 6.45) is 4.92. The van der Waals surface area contributed by atoms with Crippen LogP contribution in [0, 0.1) is 5.82 Å². The first-order valence-corrected chi connectivity index (χ1v) is 5.20. The fourth-order valence-corrected chi connectivity index (χ4v) is 2.21. The van der Waals surface area contributed by atoms with Crippen LogP contribution < -0.4 is 0 Å². The SMILES string of the molecule is CC1(c2nnc3ccc(F)cn23)CCC1. The van der Waals surface area contributed by atoms with E-state index in [1.54, 1.807) is 10.5 Å². The second kappa shape index (κ2) is 2.78. The maximum atomic E-state index is 13.1. The van der Waals surface area contributed by atoms with Crippen molar-refractivity contribution in [2.75, 3.05) is 0 Å². The Morgan fingerprint density at radius 2 is 2.13 bits per heavy atom. The molecule has 3 rings (SSSR count). The molecule has 0 N–H and O–H groups in total. The molecule has 15 heavy (non-hydrogen) atoms. The van der Waals surface area contributed by atoms with E-state index in [9.17, 15) is 4.39 Å². The Labute approximate surface area is 86.9 Å². The summed E-state index contributed by atoms with van der Waals surface area (Å²) in [5, 5.41) is 8.23. The van der Waals surface area contributed by atoms with Gasteiger partial charge in [0.2, 0.25) is 0 Å². The van der Waals surface area contributed by atoms with Crippen LogP contribution in [-0.2, 0) is 5.41 Å². The van der Waals surface area contributed by atoms with Crippen molar-refractivity contribution in [2.24, 2.45) is 0 Å². The molecule has 0 radical (unpaired) electrons. The quantitative estimate of drug-likeness (QED) is 0.715. The van der Waals surface area contributed by atoms with E-state index in [2.05, 4.69) is 17.1 Å². The minimum atomic E-state index is -0.244. The van der Waals surface area contributed by atoms with Crippen molar-refractivity contribution >= 4 is 5.65 Å². The summed E-state index contributed by atoms with van der Waals surface area (Å²) in [5.41, 5.74) is 0.812. The summed E-state index contributed by atoms with van der Waals surface area (Å²) in [6, 6.07) is 3.07. The summed E-state index contributed by atoms with van der Waals surface area (Å²) >= 11 is 0. The van der Waals surface area contributed by atoms with E-state index in [-0.39, 0.29) is 11.2 Å². The van der Waals surface area contributed by atoms with Crippen molar-refractivity contribution in [1.29, 1.82) is 0 Å². The highest BCUT2D eigenvalue weighted by Crippen LogP contribution is 2.42. The maximum absolute atomic E-state index is 13.1. The van der Waals surface area contributed by atoms with Gasteiger partial charge in [-0.3, -0.25) is 4.40 Å². The topological polar surface area (TPSA) is 30.2 Å². The van der Waals surface area contributed by atoms with Crippen molar-refractivity contribution < 1.29 is 4.39 Å². The lowest BCUT2D eigenvalue weighted by Gasteiger charge is -2.36. The van der Waals surface area contributed by atoms with Crippen molar-refractivity contribution in [1.82, 2.24) is 14.6 Å². The van der Waals surface area contributed by atoms with Gasteiger partial charge < -0.3 is 0 Å². The van der Waals surface area contributed by atoms with Gasteiger partial charge in [0.15, 0.2) is 5.65 Å². The number of nitrogens with zero attached hydrogens (tertiary/aromatic N) is 3. The summed E-state index contributed by atoms with van der Waals surface area (Å²) in [4.78, 5) is 0. The van der Waals surface area contributed by atoms with Crippen LogP contribution in [0.2, 0.25) is 0 Å². The highest BCUT2D eigenvalue weighted by Gasteiger charge is 2.37. The Kier molecular flexibility index (Phi) is 1.63. The lowest BCUT2D eigenvalue weighted by Crippen LogP contribution is -2.32. The number of rotatable bonds is 1. The maximum Gasteiger partial charge on any atom is 0.160 e. The van der Waals surface area contributed by atoms with Crippen molar-refractivity contribution in [3.05, 3.63) is 30.0 Å². The zero-order valence-corrected chi connectivity index (χ0v) is 8.57. The number of halogens is 1. The number of hydrogen-bond donors (Lipinski definition) is 0. The first-order chi connectivity index (χ1) is 7.19. The van der Waals surface area contributed by atoms with E-state index in [4.69, 9.17) is 0 Å². The lowest BCUT2D eigenvalue weighted by atomic mass is 9.70. The third-order valence-electron chi connectivity index (χ3n) is 3.36. The first-order valence-electron chi connectivity index (χ1n) is 5.20. The molecular weight excluding hydrogens is 193 g/mol. The van der Waals surface area contributed by atoms with Crippen LogP contribution in [0.5, 0.6) is 0 Å². The molecule has 1 fully saturated rings. The molecular formula is C11H12FN3. The smallest absolute Gasteiger partial charge is 0.160 e. The molecule has 1 aliphatic carbocycles. The van der Waals surface area contributed by atoms with Gasteiger partial charge >= 0.3 is 0 Å². The third-order valence-corrected chi connectivity index (χ3v) is 3.36. The number of aromatic nitrogens is 3. The van der Waals surface area contributed by atoms with Crippen LogP contribution in [0.1, 0.15) is 32.0 Å². The van der Waals surface area contributed by atoms with E-state index >= 15 is 0 Å². The molecule has 0 aliphatic heterocycles. The second-order valence-electron chi connectivity index (χ2n) is 4.51.